The van der Waals surface area contributed by atoms with Gasteiger partial charge in [0.1, 0.15) is 5.75 Å². The van der Waals surface area contributed by atoms with Crippen LogP contribution in [0.1, 0.15) is 24.8 Å². The molecule has 1 heterocycles. The van der Waals surface area contributed by atoms with E-state index in [4.69, 9.17) is 9.47 Å². The van der Waals surface area contributed by atoms with E-state index >= 15 is 0 Å². The van der Waals surface area contributed by atoms with Gasteiger partial charge >= 0.3 is 0 Å². The summed E-state index contributed by atoms with van der Waals surface area (Å²) in [5, 5.41) is 0. The van der Waals surface area contributed by atoms with Crippen LogP contribution in [-0.4, -0.2) is 18.8 Å². The van der Waals surface area contributed by atoms with E-state index in [0.717, 1.165) is 17.9 Å². The number of hydrogen-bond acceptors (Lipinski definition) is 2. The molecular formula is C15H18O2. The summed E-state index contributed by atoms with van der Waals surface area (Å²) in [6, 6.07) is 8.08. The number of epoxide rings is 1. The van der Waals surface area contributed by atoms with E-state index in [9.17, 15) is 0 Å². The molecule has 2 fully saturated rings. The first-order valence-corrected chi connectivity index (χ1v) is 6.36. The van der Waals surface area contributed by atoms with E-state index in [1.807, 2.05) is 30.3 Å². The van der Waals surface area contributed by atoms with Gasteiger partial charge < -0.3 is 9.47 Å². The highest BCUT2D eigenvalue weighted by atomic mass is 16.6. The van der Waals surface area contributed by atoms with Crippen molar-refractivity contribution >= 4 is 6.08 Å². The summed E-state index contributed by atoms with van der Waals surface area (Å²) in [4.78, 5) is 0. The minimum atomic E-state index is 0.542. The maximum absolute atomic E-state index is 5.82. The van der Waals surface area contributed by atoms with Crippen LogP contribution >= 0.6 is 0 Å². The second-order valence-electron chi connectivity index (χ2n) is 4.98. The summed E-state index contributed by atoms with van der Waals surface area (Å²) < 4.78 is 11.3. The fourth-order valence-corrected chi connectivity index (χ4v) is 2.55. The average molecular weight is 230 g/mol. The lowest BCUT2D eigenvalue weighted by atomic mass is 9.90. The van der Waals surface area contributed by atoms with Gasteiger partial charge in [-0.15, -0.1) is 0 Å². The Morgan fingerprint density at radius 1 is 1.24 bits per heavy atom. The van der Waals surface area contributed by atoms with E-state index in [-0.39, 0.29) is 0 Å². The van der Waals surface area contributed by atoms with Gasteiger partial charge in [-0.05, 0) is 42.9 Å². The molecule has 2 heteroatoms. The molecule has 1 aromatic rings. The molecule has 0 spiro atoms. The van der Waals surface area contributed by atoms with Crippen molar-refractivity contribution in [1.82, 2.24) is 0 Å². The van der Waals surface area contributed by atoms with Gasteiger partial charge in [0.2, 0.25) is 0 Å². The number of benzene rings is 1. The van der Waals surface area contributed by atoms with Gasteiger partial charge in [-0.3, -0.25) is 0 Å². The van der Waals surface area contributed by atoms with E-state index in [0.29, 0.717) is 18.1 Å². The summed E-state index contributed by atoms with van der Waals surface area (Å²) in [6.45, 7) is 4.56. The first-order chi connectivity index (χ1) is 8.35. The number of fused-ring (bicyclic) bond motifs is 1. The molecule has 0 radical (unpaired) electrons. The molecule has 2 nitrogen and oxygen atoms in total. The second kappa shape index (κ2) is 4.53. The van der Waals surface area contributed by atoms with Crippen LogP contribution in [0.5, 0.6) is 5.75 Å². The van der Waals surface area contributed by atoms with Gasteiger partial charge in [-0.2, -0.15) is 0 Å². The summed E-state index contributed by atoms with van der Waals surface area (Å²) >= 11 is 0. The average Bonchev–Trinajstić information content (AvgIpc) is 3.15. The summed E-state index contributed by atoms with van der Waals surface area (Å²) in [5.41, 5.74) is 1.13. The smallest absolute Gasteiger partial charge is 0.119 e. The van der Waals surface area contributed by atoms with E-state index < -0.39 is 0 Å². The van der Waals surface area contributed by atoms with Gasteiger partial charge in [0.05, 0.1) is 18.8 Å². The number of rotatable bonds is 4. The molecule has 0 bridgehead atoms. The molecule has 1 saturated heterocycles. The monoisotopic (exact) mass is 230 g/mol. The van der Waals surface area contributed by atoms with Crippen molar-refractivity contribution < 1.29 is 9.47 Å². The van der Waals surface area contributed by atoms with Crippen molar-refractivity contribution in [3.8, 4) is 5.75 Å². The van der Waals surface area contributed by atoms with Gasteiger partial charge in [0.15, 0.2) is 0 Å². The van der Waals surface area contributed by atoms with Crippen LogP contribution < -0.4 is 4.74 Å². The highest BCUT2D eigenvalue weighted by Gasteiger charge is 2.43. The molecule has 0 N–H and O–H groups in total. The lowest BCUT2D eigenvalue weighted by Crippen LogP contribution is -2.19. The molecule has 0 aromatic heterocycles. The van der Waals surface area contributed by atoms with Crippen molar-refractivity contribution in [2.24, 2.45) is 5.92 Å². The predicted octanol–water partition coefficient (Wildman–Crippen LogP) is 3.28. The van der Waals surface area contributed by atoms with Crippen LogP contribution in [0.3, 0.4) is 0 Å². The molecule has 0 amide bonds. The molecular weight excluding hydrogens is 212 g/mol. The molecule has 2 aliphatic rings. The molecule has 90 valence electrons. The van der Waals surface area contributed by atoms with Crippen LogP contribution in [0.2, 0.25) is 0 Å². The van der Waals surface area contributed by atoms with E-state index in [2.05, 4.69) is 6.58 Å². The Bertz CT molecular complexity index is 396. The SMILES string of the molecule is C=Cc1ccc(OCC2CCC3OC3C2)cc1. The zero-order valence-corrected chi connectivity index (χ0v) is 9.97. The van der Waals surface area contributed by atoms with Gasteiger partial charge in [-0.1, -0.05) is 24.8 Å². The fraction of sp³-hybridized carbons (Fsp3) is 0.467. The lowest BCUT2D eigenvalue weighted by Gasteiger charge is -2.19. The van der Waals surface area contributed by atoms with Gasteiger partial charge in [-0.25, -0.2) is 0 Å². The Balaban J connectivity index is 1.50. The standard InChI is InChI=1S/C15H18O2/c1-2-11-3-6-13(7-4-11)16-10-12-5-8-14-15(9-12)17-14/h2-4,6-7,12,14-15H,1,5,8-10H2. The predicted molar refractivity (Wildman–Crippen MR) is 68.0 cm³/mol. The van der Waals surface area contributed by atoms with Crippen LogP contribution in [0.25, 0.3) is 6.08 Å². The Hall–Kier alpha value is -1.28. The Labute approximate surface area is 102 Å². The third-order valence-electron chi connectivity index (χ3n) is 3.71. The van der Waals surface area contributed by atoms with Crippen LogP contribution in [0, 0.1) is 5.92 Å². The van der Waals surface area contributed by atoms with Gasteiger partial charge in [0.25, 0.3) is 0 Å². The zero-order valence-electron chi connectivity index (χ0n) is 9.97. The molecule has 1 aliphatic heterocycles. The van der Waals surface area contributed by atoms with Crippen molar-refractivity contribution in [2.45, 2.75) is 31.5 Å². The molecule has 3 unspecified atom stereocenters. The summed E-state index contributed by atoms with van der Waals surface area (Å²) in [6.07, 6.45) is 6.60. The van der Waals surface area contributed by atoms with Crippen LogP contribution in [-0.2, 0) is 4.74 Å². The van der Waals surface area contributed by atoms with E-state index in [1.54, 1.807) is 0 Å². The van der Waals surface area contributed by atoms with Gasteiger partial charge in [0, 0.05) is 0 Å². The molecule has 17 heavy (non-hydrogen) atoms. The highest BCUT2D eigenvalue weighted by molar-refractivity contribution is 5.48. The van der Waals surface area contributed by atoms with E-state index in [1.165, 1.54) is 19.3 Å². The molecule has 3 rings (SSSR count). The molecule has 1 aliphatic carbocycles. The lowest BCUT2D eigenvalue weighted by molar-refractivity contribution is 0.217. The highest BCUT2D eigenvalue weighted by Crippen LogP contribution is 2.39. The topological polar surface area (TPSA) is 21.8 Å². The summed E-state index contributed by atoms with van der Waals surface area (Å²) in [5.74, 6) is 1.62. The minimum absolute atomic E-state index is 0.542. The van der Waals surface area contributed by atoms with Crippen LogP contribution in [0.15, 0.2) is 30.8 Å². The normalized spacial score (nSPS) is 30.5. The number of hydrogen-bond donors (Lipinski definition) is 0. The maximum atomic E-state index is 5.82. The Kier molecular flexibility index (Phi) is 2.89. The van der Waals surface area contributed by atoms with Crippen LogP contribution in [0.4, 0.5) is 0 Å². The largest absolute Gasteiger partial charge is 0.493 e. The quantitative estimate of drug-likeness (QED) is 0.740. The molecule has 3 atom stereocenters. The maximum Gasteiger partial charge on any atom is 0.119 e. The minimum Gasteiger partial charge on any atom is -0.493 e. The molecule has 1 aromatic carbocycles. The first kappa shape index (κ1) is 10.8. The second-order valence-corrected chi connectivity index (χ2v) is 4.98. The zero-order chi connectivity index (χ0) is 11.7. The number of ether oxygens (including phenoxy) is 2. The third-order valence-corrected chi connectivity index (χ3v) is 3.71. The van der Waals surface area contributed by atoms with Crippen molar-refractivity contribution in [3.05, 3.63) is 36.4 Å². The molecule has 1 saturated carbocycles. The fourth-order valence-electron chi connectivity index (χ4n) is 2.55. The van der Waals surface area contributed by atoms with Crippen molar-refractivity contribution in [1.29, 1.82) is 0 Å². The summed E-state index contributed by atoms with van der Waals surface area (Å²) in [7, 11) is 0. The Morgan fingerprint density at radius 3 is 2.76 bits per heavy atom. The first-order valence-electron chi connectivity index (χ1n) is 6.36. The van der Waals surface area contributed by atoms with Crippen molar-refractivity contribution in [3.63, 3.8) is 0 Å². The van der Waals surface area contributed by atoms with Crippen molar-refractivity contribution in [2.75, 3.05) is 6.61 Å². The third kappa shape index (κ3) is 2.52. The Morgan fingerprint density at radius 2 is 2.06 bits per heavy atom.